The number of nitriles is 1. The van der Waals surface area contributed by atoms with Gasteiger partial charge >= 0.3 is 0 Å². The minimum atomic E-state index is -0.527. The van der Waals surface area contributed by atoms with Crippen molar-refractivity contribution in [3.63, 3.8) is 0 Å². The topological polar surface area (TPSA) is 62.1 Å². The third-order valence-electron chi connectivity index (χ3n) is 5.36. The van der Waals surface area contributed by atoms with Crippen LogP contribution in [0.1, 0.15) is 16.7 Å². The zero-order valence-electron chi connectivity index (χ0n) is 18.3. The number of hydrogen-bond donors (Lipinski definition) is 1. The summed E-state index contributed by atoms with van der Waals surface area (Å²) in [7, 11) is 0. The van der Waals surface area contributed by atoms with Crippen LogP contribution in [-0.2, 0) is 11.4 Å². The second-order valence-electron chi connectivity index (χ2n) is 7.70. The van der Waals surface area contributed by atoms with E-state index in [1.54, 1.807) is 43.3 Å². The van der Waals surface area contributed by atoms with Crippen LogP contribution >= 0.6 is 23.2 Å². The number of carbonyl (C=O) groups is 1. The molecule has 1 amide bonds. The zero-order valence-corrected chi connectivity index (χ0v) is 19.8. The molecule has 4 aromatic carbocycles. The van der Waals surface area contributed by atoms with Crippen LogP contribution < -0.4 is 10.1 Å². The molecule has 0 aromatic heterocycles. The number of ether oxygens (including phenoxy) is 1. The Kier molecular flexibility index (Phi) is 7.18. The van der Waals surface area contributed by atoms with E-state index in [-0.39, 0.29) is 5.57 Å². The van der Waals surface area contributed by atoms with Crippen LogP contribution in [-0.4, -0.2) is 5.91 Å². The molecule has 4 rings (SSSR count). The first kappa shape index (κ1) is 23.4. The fourth-order valence-corrected chi connectivity index (χ4v) is 3.88. The maximum Gasteiger partial charge on any atom is 0.266 e. The van der Waals surface area contributed by atoms with Gasteiger partial charge in [-0.15, -0.1) is 0 Å². The summed E-state index contributed by atoms with van der Waals surface area (Å²) in [5.74, 6) is -0.00916. The molecule has 0 saturated heterocycles. The molecule has 0 aliphatic rings. The van der Waals surface area contributed by atoms with Crippen molar-refractivity contribution in [3.05, 3.63) is 111 Å². The molecule has 0 aliphatic carbocycles. The van der Waals surface area contributed by atoms with Gasteiger partial charge in [-0.3, -0.25) is 4.79 Å². The SMILES string of the molecule is Cc1c(Cl)cccc1NC(=O)/C(C#N)=C/c1ccc(OCc2ccc3ccccc3c2)c(Cl)c1. The smallest absolute Gasteiger partial charge is 0.266 e. The van der Waals surface area contributed by atoms with Gasteiger partial charge in [0.25, 0.3) is 5.91 Å². The molecular formula is C28H20Cl2N2O2. The van der Waals surface area contributed by atoms with Crippen molar-refractivity contribution < 1.29 is 9.53 Å². The summed E-state index contributed by atoms with van der Waals surface area (Å²) in [6.45, 7) is 2.16. The first-order valence-electron chi connectivity index (χ1n) is 10.5. The molecule has 34 heavy (non-hydrogen) atoms. The fourth-order valence-electron chi connectivity index (χ4n) is 3.46. The summed E-state index contributed by atoms with van der Waals surface area (Å²) >= 11 is 12.5. The Bertz CT molecular complexity index is 1450. The van der Waals surface area contributed by atoms with Crippen molar-refractivity contribution in [1.29, 1.82) is 5.26 Å². The highest BCUT2D eigenvalue weighted by molar-refractivity contribution is 6.32. The number of halogens is 2. The van der Waals surface area contributed by atoms with Gasteiger partial charge in [-0.05, 0) is 70.8 Å². The Balaban J connectivity index is 1.47. The molecule has 0 saturated carbocycles. The highest BCUT2D eigenvalue weighted by Crippen LogP contribution is 2.28. The summed E-state index contributed by atoms with van der Waals surface area (Å²) in [6.07, 6.45) is 1.48. The van der Waals surface area contributed by atoms with E-state index in [1.165, 1.54) is 11.5 Å². The Morgan fingerprint density at radius 2 is 1.76 bits per heavy atom. The number of anilines is 1. The zero-order chi connectivity index (χ0) is 24.1. The van der Waals surface area contributed by atoms with Gasteiger partial charge in [0, 0.05) is 10.7 Å². The minimum Gasteiger partial charge on any atom is -0.487 e. The number of rotatable bonds is 6. The van der Waals surface area contributed by atoms with Crippen LogP contribution in [0.15, 0.2) is 84.4 Å². The summed E-state index contributed by atoms with van der Waals surface area (Å²) in [4.78, 5) is 12.6. The molecule has 0 radical (unpaired) electrons. The predicted molar refractivity (Wildman–Crippen MR) is 138 cm³/mol. The highest BCUT2D eigenvalue weighted by atomic mass is 35.5. The number of benzene rings is 4. The van der Waals surface area contributed by atoms with Crippen molar-refractivity contribution in [3.8, 4) is 11.8 Å². The van der Waals surface area contributed by atoms with Crippen molar-refractivity contribution in [2.75, 3.05) is 5.32 Å². The molecule has 1 N–H and O–H groups in total. The van der Waals surface area contributed by atoms with Crippen molar-refractivity contribution in [2.45, 2.75) is 13.5 Å². The van der Waals surface area contributed by atoms with Crippen molar-refractivity contribution in [2.24, 2.45) is 0 Å². The monoisotopic (exact) mass is 486 g/mol. The normalized spacial score (nSPS) is 11.2. The van der Waals surface area contributed by atoms with Crippen LogP contribution in [0.25, 0.3) is 16.8 Å². The second kappa shape index (κ2) is 10.4. The quantitative estimate of drug-likeness (QED) is 0.225. The molecule has 0 heterocycles. The number of fused-ring (bicyclic) bond motifs is 1. The van der Waals surface area contributed by atoms with Gasteiger partial charge in [-0.1, -0.05) is 71.7 Å². The average molecular weight is 487 g/mol. The largest absolute Gasteiger partial charge is 0.487 e. The number of hydrogen-bond acceptors (Lipinski definition) is 3. The third-order valence-corrected chi connectivity index (χ3v) is 6.06. The van der Waals surface area contributed by atoms with Crippen LogP contribution in [0, 0.1) is 18.3 Å². The molecule has 168 valence electrons. The third kappa shape index (κ3) is 5.40. The van der Waals surface area contributed by atoms with Gasteiger partial charge < -0.3 is 10.1 Å². The molecule has 6 heteroatoms. The van der Waals surface area contributed by atoms with Crippen molar-refractivity contribution in [1.82, 2.24) is 0 Å². The standard InChI is InChI=1S/C28H20Cl2N2O2/c1-18-24(29)7-4-8-26(18)32-28(33)23(16-31)13-19-10-12-27(25(30)15-19)34-17-20-9-11-21-5-2-3-6-22(21)14-20/h2-15H,17H2,1H3,(H,32,33)/b23-13+. The molecular weight excluding hydrogens is 467 g/mol. The van der Waals surface area contributed by atoms with E-state index in [0.29, 0.717) is 33.7 Å². The van der Waals surface area contributed by atoms with Gasteiger partial charge in [0.15, 0.2) is 0 Å². The number of nitrogens with zero attached hydrogens (tertiary/aromatic N) is 1. The number of nitrogens with one attached hydrogen (secondary N) is 1. The molecule has 0 aliphatic heterocycles. The number of carbonyl (C=O) groups excluding carboxylic acids is 1. The van der Waals surface area contributed by atoms with E-state index in [2.05, 4.69) is 29.6 Å². The lowest BCUT2D eigenvalue weighted by Crippen LogP contribution is -2.14. The minimum absolute atomic E-state index is 0.0553. The Hall–Kier alpha value is -3.78. The molecule has 4 aromatic rings. The molecule has 0 unspecified atom stereocenters. The van der Waals surface area contributed by atoms with E-state index in [9.17, 15) is 10.1 Å². The molecule has 4 nitrogen and oxygen atoms in total. The Morgan fingerprint density at radius 3 is 2.53 bits per heavy atom. The summed E-state index contributed by atoms with van der Waals surface area (Å²) < 4.78 is 5.90. The molecule has 0 atom stereocenters. The van der Waals surface area contributed by atoms with Gasteiger partial charge in [0.05, 0.1) is 5.02 Å². The van der Waals surface area contributed by atoms with Gasteiger partial charge in [0.2, 0.25) is 0 Å². The first-order valence-corrected chi connectivity index (χ1v) is 11.3. The van der Waals surface area contributed by atoms with Gasteiger partial charge in [-0.2, -0.15) is 5.26 Å². The lowest BCUT2D eigenvalue weighted by Gasteiger charge is -2.10. The van der Waals surface area contributed by atoms with E-state index in [1.807, 2.05) is 24.3 Å². The Morgan fingerprint density at radius 1 is 0.971 bits per heavy atom. The average Bonchev–Trinajstić information content (AvgIpc) is 2.84. The molecule has 0 spiro atoms. The summed E-state index contributed by atoms with van der Waals surface area (Å²) in [6, 6.07) is 26.6. The molecule has 0 bridgehead atoms. The molecule has 0 fully saturated rings. The predicted octanol–water partition coefficient (Wildman–Crippen LogP) is 7.58. The van der Waals surface area contributed by atoms with E-state index >= 15 is 0 Å². The van der Waals surface area contributed by atoms with Gasteiger partial charge in [0.1, 0.15) is 24.0 Å². The lowest BCUT2D eigenvalue weighted by molar-refractivity contribution is -0.112. The maximum absolute atomic E-state index is 12.6. The highest BCUT2D eigenvalue weighted by Gasteiger charge is 2.13. The van der Waals surface area contributed by atoms with Crippen molar-refractivity contribution >= 4 is 51.6 Å². The lowest BCUT2D eigenvalue weighted by atomic mass is 10.1. The van der Waals surface area contributed by atoms with Gasteiger partial charge in [-0.25, -0.2) is 0 Å². The van der Waals surface area contributed by atoms with E-state index < -0.39 is 5.91 Å². The maximum atomic E-state index is 12.6. The Labute approximate surface area is 208 Å². The van der Waals surface area contributed by atoms with Crippen LogP contribution in [0.2, 0.25) is 10.0 Å². The van der Waals surface area contributed by atoms with Crippen LogP contribution in [0.5, 0.6) is 5.75 Å². The summed E-state index contributed by atoms with van der Waals surface area (Å²) in [5.41, 5.74) is 2.86. The van der Waals surface area contributed by atoms with E-state index in [4.69, 9.17) is 27.9 Å². The van der Waals surface area contributed by atoms with E-state index in [0.717, 1.165) is 16.5 Å². The first-order chi connectivity index (χ1) is 16.4. The summed E-state index contributed by atoms with van der Waals surface area (Å²) in [5, 5.41) is 15.5. The second-order valence-corrected chi connectivity index (χ2v) is 8.51. The van der Waals surface area contributed by atoms with Crippen LogP contribution in [0.4, 0.5) is 5.69 Å². The fraction of sp³-hybridized carbons (Fsp3) is 0.0714. The number of amides is 1. The van der Waals surface area contributed by atoms with Crippen LogP contribution in [0.3, 0.4) is 0 Å².